The van der Waals surface area contributed by atoms with Crippen molar-refractivity contribution in [3.05, 3.63) is 23.8 Å². The largest absolute Gasteiger partial charge is 0.473 e. The van der Waals surface area contributed by atoms with Crippen LogP contribution in [0.3, 0.4) is 0 Å². The number of anilines is 1. The molecule has 4 N–H and O–H groups in total. The third-order valence-corrected chi connectivity index (χ3v) is 6.22. The van der Waals surface area contributed by atoms with Gasteiger partial charge in [0.05, 0.1) is 6.54 Å². The lowest BCUT2D eigenvalue weighted by molar-refractivity contribution is -0.142. The van der Waals surface area contributed by atoms with E-state index in [-0.39, 0.29) is 30.2 Å². The number of ether oxygens (including phenoxy) is 1. The third kappa shape index (κ3) is 3.69. The molecule has 32 heavy (non-hydrogen) atoms. The van der Waals surface area contributed by atoms with E-state index in [1.807, 2.05) is 0 Å². The molecule has 12 heteroatoms. The summed E-state index contributed by atoms with van der Waals surface area (Å²) in [7, 11) is 1.25. The fourth-order valence-corrected chi connectivity index (χ4v) is 4.25. The Morgan fingerprint density at radius 2 is 2.06 bits per heavy atom. The van der Waals surface area contributed by atoms with Gasteiger partial charge in [0.2, 0.25) is 17.4 Å². The van der Waals surface area contributed by atoms with Crippen LogP contribution in [0, 0.1) is 17.6 Å². The molecule has 10 nitrogen and oxygen atoms in total. The Kier molecular flexibility index (Phi) is 5.18. The first-order chi connectivity index (χ1) is 15.0. The van der Waals surface area contributed by atoms with Crippen LogP contribution < -0.4 is 15.8 Å². The van der Waals surface area contributed by atoms with Gasteiger partial charge in [-0.15, -0.1) is 0 Å². The number of primary amides is 1. The maximum absolute atomic E-state index is 14.1. The molecular weight excluding hydrogens is 430 g/mol. The van der Waals surface area contributed by atoms with Crippen molar-refractivity contribution >= 4 is 29.5 Å². The molecule has 0 aromatic heterocycles. The Morgan fingerprint density at radius 1 is 1.38 bits per heavy atom. The highest BCUT2D eigenvalue weighted by Gasteiger charge is 2.58. The number of rotatable bonds is 5. The van der Waals surface area contributed by atoms with Crippen LogP contribution >= 0.6 is 0 Å². The van der Waals surface area contributed by atoms with Crippen LogP contribution in [0.5, 0.6) is 5.75 Å². The number of carbonyl (C=O) groups excluding carboxylic acids is 3. The highest BCUT2D eigenvalue weighted by atomic mass is 19.1. The summed E-state index contributed by atoms with van der Waals surface area (Å²) in [6, 6.07) is -0.873. The van der Waals surface area contributed by atoms with Gasteiger partial charge in [0.1, 0.15) is 23.6 Å². The molecule has 1 unspecified atom stereocenters. The number of benzene rings is 1. The molecule has 172 valence electrons. The molecule has 2 heterocycles. The van der Waals surface area contributed by atoms with Crippen molar-refractivity contribution in [1.82, 2.24) is 9.80 Å². The minimum atomic E-state index is -1.81. The van der Waals surface area contributed by atoms with E-state index in [1.165, 1.54) is 7.05 Å². The summed E-state index contributed by atoms with van der Waals surface area (Å²) < 4.78 is 33.4. The zero-order chi connectivity index (χ0) is 23.4. The van der Waals surface area contributed by atoms with E-state index < -0.39 is 59.7 Å². The molecule has 1 saturated carbocycles. The molecule has 1 aliphatic carbocycles. The number of likely N-dealkylation sites (N-methyl/N-ethyl adjacent to an activating group) is 1. The number of nitrogens with one attached hydrogen (secondary N) is 1. The van der Waals surface area contributed by atoms with Gasteiger partial charge in [-0.2, -0.15) is 0 Å². The highest BCUT2D eigenvalue weighted by Crippen LogP contribution is 2.42. The Balaban J connectivity index is 1.66. The Bertz CT molecular complexity index is 1020. The maximum atomic E-state index is 14.1. The van der Waals surface area contributed by atoms with Gasteiger partial charge in [0.25, 0.3) is 5.91 Å². The highest BCUT2D eigenvalue weighted by molar-refractivity contribution is 6.03. The second-order valence-corrected chi connectivity index (χ2v) is 8.49. The van der Waals surface area contributed by atoms with Crippen molar-refractivity contribution in [3.8, 4) is 5.75 Å². The number of hydrogen-bond acceptors (Lipinski definition) is 5. The first-order valence-electron chi connectivity index (χ1n) is 10.1. The third-order valence-electron chi connectivity index (χ3n) is 6.22. The predicted octanol–water partition coefficient (Wildman–Crippen LogP) is 0.899. The van der Waals surface area contributed by atoms with E-state index in [2.05, 4.69) is 5.32 Å². The number of amides is 4. The van der Waals surface area contributed by atoms with Crippen molar-refractivity contribution in [2.24, 2.45) is 11.7 Å². The number of carbonyl (C=O) groups is 4. The molecule has 0 radical (unpaired) electrons. The standard InChI is InChI=1S/C20H22F2N4O6/c1-25(19(30)31)12(4-9-2-3-9)17(28)26-8-20(7-13(26)16(23)27)18(29)24-15-11(22)5-10(21)6-14(15)32-20/h5-6,9,12-13H,2-4,7-8H2,1H3,(H2,23,27)(H,24,29)(H,30,31)/t12?,13-,20+/m0/s1. The zero-order valence-corrected chi connectivity index (χ0v) is 17.1. The van der Waals surface area contributed by atoms with Gasteiger partial charge in [-0.05, 0) is 12.3 Å². The van der Waals surface area contributed by atoms with E-state index in [4.69, 9.17) is 10.5 Å². The van der Waals surface area contributed by atoms with Crippen LogP contribution in [-0.4, -0.2) is 70.0 Å². The first-order valence-corrected chi connectivity index (χ1v) is 10.1. The fourth-order valence-electron chi connectivity index (χ4n) is 4.25. The quantitative estimate of drug-likeness (QED) is 0.606. The topological polar surface area (TPSA) is 142 Å². The van der Waals surface area contributed by atoms with Crippen LogP contribution in [0.25, 0.3) is 0 Å². The monoisotopic (exact) mass is 452 g/mol. The smallest absolute Gasteiger partial charge is 0.407 e. The average molecular weight is 452 g/mol. The van der Waals surface area contributed by atoms with Crippen molar-refractivity contribution in [3.63, 3.8) is 0 Å². The number of nitrogens with two attached hydrogens (primary N) is 1. The number of nitrogens with zero attached hydrogens (tertiary/aromatic N) is 2. The van der Waals surface area contributed by atoms with Gasteiger partial charge in [0.15, 0.2) is 11.6 Å². The summed E-state index contributed by atoms with van der Waals surface area (Å²) in [5, 5.41) is 11.7. The predicted molar refractivity (Wildman–Crippen MR) is 105 cm³/mol. The number of carboxylic acid groups (broad SMARTS) is 1. The Hall–Kier alpha value is -3.44. The Morgan fingerprint density at radius 3 is 2.66 bits per heavy atom. The van der Waals surface area contributed by atoms with Gasteiger partial charge in [-0.3, -0.25) is 19.3 Å². The molecule has 1 aromatic rings. The van der Waals surface area contributed by atoms with Crippen molar-refractivity contribution in [2.45, 2.75) is 43.4 Å². The molecule has 3 atom stereocenters. The molecular formula is C20H22F2N4O6. The maximum Gasteiger partial charge on any atom is 0.407 e. The van der Waals surface area contributed by atoms with E-state index in [9.17, 15) is 33.1 Å². The minimum absolute atomic E-state index is 0.182. The lowest BCUT2D eigenvalue weighted by Crippen LogP contribution is -2.55. The summed E-state index contributed by atoms with van der Waals surface area (Å²) in [4.78, 5) is 51.8. The van der Waals surface area contributed by atoms with Crippen molar-refractivity contribution in [2.75, 3.05) is 18.9 Å². The molecule has 1 saturated heterocycles. The molecule has 4 rings (SSSR count). The normalized spacial score (nSPS) is 25.0. The van der Waals surface area contributed by atoms with Crippen LogP contribution in [0.2, 0.25) is 0 Å². The second kappa shape index (κ2) is 7.61. The van der Waals surface area contributed by atoms with Gasteiger partial charge >= 0.3 is 6.09 Å². The van der Waals surface area contributed by atoms with Crippen LogP contribution in [0.15, 0.2) is 12.1 Å². The van der Waals surface area contributed by atoms with Crippen LogP contribution in [0.4, 0.5) is 19.3 Å². The first kappa shape index (κ1) is 21.8. The molecule has 1 spiro atoms. The van der Waals surface area contributed by atoms with Crippen molar-refractivity contribution < 1.29 is 37.8 Å². The molecule has 2 fully saturated rings. The number of fused-ring (bicyclic) bond motifs is 1. The lowest BCUT2D eigenvalue weighted by atomic mass is 9.96. The Labute approximate surface area is 181 Å². The summed E-state index contributed by atoms with van der Waals surface area (Å²) >= 11 is 0. The SMILES string of the molecule is CN(C(=O)O)C(CC1CC1)C(=O)N1C[C@@]2(C[C@H]1C(N)=O)Oc1cc(F)cc(F)c1NC2=O. The average Bonchev–Trinajstić information content (AvgIpc) is 3.45. The number of hydrogen-bond donors (Lipinski definition) is 3. The van der Waals surface area contributed by atoms with E-state index >= 15 is 0 Å². The summed E-state index contributed by atoms with van der Waals surface area (Å²) in [5.41, 5.74) is 3.33. The van der Waals surface area contributed by atoms with Crippen LogP contribution in [-0.2, 0) is 14.4 Å². The van der Waals surface area contributed by atoms with E-state index in [0.717, 1.165) is 28.7 Å². The molecule has 4 amide bonds. The van der Waals surface area contributed by atoms with Gasteiger partial charge in [-0.1, -0.05) is 12.8 Å². The number of halogens is 2. The lowest BCUT2D eigenvalue weighted by Gasteiger charge is -2.35. The molecule has 2 aliphatic heterocycles. The second-order valence-electron chi connectivity index (χ2n) is 8.49. The van der Waals surface area contributed by atoms with Crippen LogP contribution in [0.1, 0.15) is 25.7 Å². The molecule has 3 aliphatic rings. The van der Waals surface area contributed by atoms with Crippen molar-refractivity contribution in [1.29, 1.82) is 0 Å². The van der Waals surface area contributed by atoms with Gasteiger partial charge < -0.3 is 25.8 Å². The van der Waals surface area contributed by atoms with E-state index in [1.54, 1.807) is 0 Å². The summed E-state index contributed by atoms with van der Waals surface area (Å²) in [6.45, 7) is -0.433. The zero-order valence-electron chi connectivity index (χ0n) is 17.1. The minimum Gasteiger partial charge on any atom is -0.473 e. The van der Waals surface area contributed by atoms with E-state index in [0.29, 0.717) is 6.07 Å². The van der Waals surface area contributed by atoms with Gasteiger partial charge in [0, 0.05) is 25.6 Å². The summed E-state index contributed by atoms with van der Waals surface area (Å²) in [5.74, 6) is -4.48. The van der Waals surface area contributed by atoms with Gasteiger partial charge in [-0.25, -0.2) is 13.6 Å². The molecule has 1 aromatic carbocycles. The fraction of sp³-hybridized carbons (Fsp3) is 0.500. The molecule has 0 bridgehead atoms. The summed E-state index contributed by atoms with van der Waals surface area (Å²) in [6.07, 6.45) is 0.327. The number of likely N-dealkylation sites (tertiary alicyclic amines) is 1.